The third kappa shape index (κ3) is 3.05. The van der Waals surface area contributed by atoms with Crippen molar-refractivity contribution in [1.82, 2.24) is 4.57 Å². The van der Waals surface area contributed by atoms with E-state index in [9.17, 15) is 18.0 Å². The van der Waals surface area contributed by atoms with Crippen molar-refractivity contribution in [3.8, 4) is 0 Å². The van der Waals surface area contributed by atoms with Crippen LogP contribution in [0.4, 0.5) is 18.9 Å². The number of anilines is 1. The van der Waals surface area contributed by atoms with E-state index in [1.165, 1.54) is 0 Å². The second-order valence-electron chi connectivity index (χ2n) is 4.72. The van der Waals surface area contributed by atoms with Crippen LogP contribution in [0.5, 0.6) is 0 Å². The molecule has 3 N–H and O–H groups in total. The van der Waals surface area contributed by atoms with Crippen LogP contribution in [-0.2, 0) is 11.8 Å². The molecule has 0 unspecified atom stereocenters. The van der Waals surface area contributed by atoms with Crippen molar-refractivity contribution in [2.75, 3.05) is 5.73 Å². The Kier molecular flexibility index (Phi) is 4.77. The van der Waals surface area contributed by atoms with Gasteiger partial charge >= 0.3 is 6.18 Å². The zero-order valence-electron chi connectivity index (χ0n) is 11.8. The van der Waals surface area contributed by atoms with Crippen LogP contribution >= 0.6 is 31.9 Å². The molecule has 3 rings (SSSR count). The number of hydrogen-bond donors (Lipinski definition) is 1. The number of nitrogens with two attached hydrogens (primary N) is 1. The maximum atomic E-state index is 12.1. The number of aromatic nitrogens is 2. The molecule has 0 aliphatic rings. The van der Waals surface area contributed by atoms with Crippen molar-refractivity contribution in [2.45, 2.75) is 6.18 Å². The minimum absolute atomic E-state index is 0.175. The van der Waals surface area contributed by atoms with Crippen molar-refractivity contribution < 1.29 is 28.1 Å². The number of hydrogen-bond acceptors (Lipinski definition) is 4. The molecular formula is C13H8Br2F3N3O3. The first-order chi connectivity index (χ1) is 11.0. The van der Waals surface area contributed by atoms with Gasteiger partial charge in [-0.3, -0.25) is 4.79 Å². The predicted octanol–water partition coefficient (Wildman–Crippen LogP) is 1.35. The molecular weight excluding hydrogens is 463 g/mol. The van der Waals surface area contributed by atoms with E-state index in [-0.39, 0.29) is 11.1 Å². The molecule has 2 heterocycles. The average Bonchev–Trinajstić information content (AvgIpc) is 2.81. The van der Waals surface area contributed by atoms with E-state index >= 15 is 0 Å². The molecule has 0 radical (unpaired) electrons. The highest BCUT2D eigenvalue weighted by Gasteiger charge is 2.28. The number of carbonyl (C=O) groups is 1. The monoisotopic (exact) mass is 469 g/mol. The summed E-state index contributed by atoms with van der Waals surface area (Å²) in [5.41, 5.74) is 7.34. The average molecular weight is 471 g/mol. The highest BCUT2D eigenvalue weighted by atomic mass is 79.9. The molecule has 128 valence electrons. The number of nitrogens with one attached hydrogen (secondary N) is 1. The third-order valence-electron chi connectivity index (χ3n) is 3.19. The molecule has 0 fully saturated rings. The number of carboxylic acids is 1. The molecule has 1 aromatic carbocycles. The predicted molar refractivity (Wildman–Crippen MR) is 85.3 cm³/mol. The fourth-order valence-corrected chi connectivity index (χ4v) is 3.31. The molecule has 0 saturated carbocycles. The summed E-state index contributed by atoms with van der Waals surface area (Å²) in [6.07, 6.45) is -3.26. The van der Waals surface area contributed by atoms with Gasteiger partial charge in [-0.1, -0.05) is 0 Å². The van der Waals surface area contributed by atoms with E-state index in [4.69, 9.17) is 15.6 Å². The number of aliphatic carboxylic acids is 1. The van der Waals surface area contributed by atoms with Crippen molar-refractivity contribution in [1.29, 1.82) is 0 Å². The van der Waals surface area contributed by atoms with Gasteiger partial charge < -0.3 is 20.2 Å². The smallest absolute Gasteiger partial charge is 0.430 e. The fraction of sp³-hybridized carbons (Fsp3) is 0.154. The maximum absolute atomic E-state index is 12.1. The topological polar surface area (TPSA) is 102 Å². The summed E-state index contributed by atoms with van der Waals surface area (Å²) < 4.78 is 34.9. The number of carboxylic acid groups (broad SMARTS) is 1. The number of aromatic amines is 1. The summed E-state index contributed by atoms with van der Waals surface area (Å²) in [5, 5.41) is 10.7. The molecule has 2 aromatic heterocycles. The van der Waals surface area contributed by atoms with Gasteiger partial charge in [-0.05, 0) is 22.0 Å². The number of alkyl halides is 3. The van der Waals surface area contributed by atoms with E-state index in [0.29, 0.717) is 9.99 Å². The van der Waals surface area contributed by atoms with Crippen LogP contribution in [0.2, 0.25) is 0 Å². The molecule has 0 bridgehead atoms. The normalized spacial score (nSPS) is 11.6. The van der Waals surface area contributed by atoms with E-state index < -0.39 is 12.1 Å². The molecule has 0 saturated heterocycles. The van der Waals surface area contributed by atoms with Gasteiger partial charge in [-0.15, -0.1) is 0 Å². The Hall–Kier alpha value is -1.88. The van der Waals surface area contributed by atoms with Crippen molar-refractivity contribution in [2.24, 2.45) is 7.05 Å². The third-order valence-corrected chi connectivity index (χ3v) is 4.62. The highest BCUT2D eigenvalue weighted by Crippen LogP contribution is 2.34. The summed E-state index contributed by atoms with van der Waals surface area (Å²) in [7, 11) is 1.92. The Balaban J connectivity index is 0.000000256. The minimum Gasteiger partial charge on any atom is -0.542 e. The van der Waals surface area contributed by atoms with Crippen molar-refractivity contribution >= 4 is 65.3 Å². The molecule has 11 heteroatoms. The van der Waals surface area contributed by atoms with E-state index in [1.807, 2.05) is 23.9 Å². The van der Waals surface area contributed by atoms with Crippen LogP contribution in [0.15, 0.2) is 26.1 Å². The van der Waals surface area contributed by atoms with E-state index in [1.54, 1.807) is 0 Å². The van der Waals surface area contributed by atoms with Crippen molar-refractivity contribution in [3.63, 3.8) is 0 Å². The number of benzene rings is 1. The number of H-pyrrole nitrogens is 1. The molecule has 0 aliphatic carbocycles. The van der Waals surface area contributed by atoms with Crippen molar-refractivity contribution in [3.05, 3.63) is 31.6 Å². The zero-order chi connectivity index (χ0) is 18.4. The first-order valence-corrected chi connectivity index (χ1v) is 7.73. The lowest BCUT2D eigenvalue weighted by Crippen LogP contribution is -2.37. The standard InChI is InChI=1S/C11H7Br2N3O.C2HF3O2/c1-16-3-2-4-5-8(15-11(4)13)10(17)7(14)6(12)9(5)16;3-2(4,5)1(6)7/h2-3H,14H2,1H3;(H,6,7). The number of nitrogen functional groups attached to an aromatic ring is 1. The Labute approximate surface area is 148 Å². The number of aryl methyl sites for hydroxylation is 1. The molecule has 6 nitrogen and oxygen atoms in total. The zero-order valence-corrected chi connectivity index (χ0v) is 15.0. The summed E-state index contributed by atoms with van der Waals surface area (Å²) in [6, 6.07) is 1.96. The quantitative estimate of drug-likeness (QED) is 0.501. The number of carbonyl (C=O) groups excluding carboxylic acids is 1. The summed E-state index contributed by atoms with van der Waals surface area (Å²) in [4.78, 5) is 23.9. The summed E-state index contributed by atoms with van der Waals surface area (Å²) >= 11 is 6.82. The van der Waals surface area contributed by atoms with Crippen LogP contribution in [0.3, 0.4) is 0 Å². The van der Waals surface area contributed by atoms with Crippen LogP contribution in [0, 0.1) is 0 Å². The number of rotatable bonds is 0. The maximum Gasteiger partial charge on any atom is 0.430 e. The lowest BCUT2D eigenvalue weighted by Gasteiger charge is -2.07. The number of halogens is 5. The van der Waals surface area contributed by atoms with Crippen LogP contribution in [-0.4, -0.2) is 16.7 Å². The first kappa shape index (κ1) is 18.5. The Morgan fingerprint density at radius 1 is 1.38 bits per heavy atom. The molecule has 24 heavy (non-hydrogen) atoms. The number of nitrogens with zero attached hydrogens (tertiary/aromatic N) is 1. The molecule has 0 aliphatic heterocycles. The van der Waals surface area contributed by atoms with Crippen LogP contribution < -0.4 is 21.3 Å². The minimum atomic E-state index is -5.19. The van der Waals surface area contributed by atoms with Gasteiger partial charge in [0.25, 0.3) is 15.5 Å². The lowest BCUT2D eigenvalue weighted by molar-refractivity contribution is -0.354. The van der Waals surface area contributed by atoms with Gasteiger partial charge in [0.1, 0.15) is 11.7 Å². The van der Waals surface area contributed by atoms with Gasteiger partial charge in [0.2, 0.25) is 0 Å². The van der Waals surface area contributed by atoms with Crippen LogP contribution in [0.1, 0.15) is 0 Å². The SMILES string of the molecule is Cn1ccc2c(Br)[nH+]c3c(=O)c(N)c(Br)c1c23.O=C([O-])C(F)(F)F. The first-order valence-electron chi connectivity index (χ1n) is 6.15. The van der Waals surface area contributed by atoms with Gasteiger partial charge in [-0.2, -0.15) is 18.2 Å². The molecule has 0 spiro atoms. The second kappa shape index (κ2) is 6.20. The fourth-order valence-electron chi connectivity index (χ4n) is 2.12. The Morgan fingerprint density at radius 3 is 2.42 bits per heavy atom. The van der Waals surface area contributed by atoms with Gasteiger partial charge in [0, 0.05) is 29.2 Å². The molecule has 0 amide bonds. The number of pyridine rings is 1. The Bertz CT molecular complexity index is 1000. The summed E-state index contributed by atoms with van der Waals surface area (Å²) in [6.45, 7) is 0. The van der Waals surface area contributed by atoms with Gasteiger partial charge in [0.05, 0.1) is 20.8 Å². The second-order valence-corrected chi connectivity index (χ2v) is 6.31. The highest BCUT2D eigenvalue weighted by molar-refractivity contribution is 9.11. The van der Waals surface area contributed by atoms with Crippen LogP contribution in [0.25, 0.3) is 21.8 Å². The molecule has 0 atom stereocenters. The largest absolute Gasteiger partial charge is 0.542 e. The lowest BCUT2D eigenvalue weighted by atomic mass is 10.1. The van der Waals surface area contributed by atoms with E-state index in [0.717, 1.165) is 20.9 Å². The van der Waals surface area contributed by atoms with E-state index in [2.05, 4.69) is 36.8 Å². The van der Waals surface area contributed by atoms with Gasteiger partial charge in [-0.25, -0.2) is 0 Å². The van der Waals surface area contributed by atoms with Gasteiger partial charge in [0.15, 0.2) is 0 Å². The Morgan fingerprint density at radius 2 is 1.92 bits per heavy atom. The summed E-state index contributed by atoms with van der Waals surface area (Å²) in [5.74, 6) is -3.01. The molecule has 3 aromatic rings.